The first-order valence-electron chi connectivity index (χ1n) is 7.36. The molecule has 1 N–H and O–H groups in total. The Morgan fingerprint density at radius 3 is 2.73 bits per heavy atom. The Morgan fingerprint density at radius 2 is 2.09 bits per heavy atom. The lowest BCUT2D eigenvalue weighted by molar-refractivity contribution is -0.160. The molecule has 0 aromatic heterocycles. The van der Waals surface area contributed by atoms with Crippen LogP contribution < -0.4 is 4.74 Å². The molecule has 1 saturated carbocycles. The van der Waals surface area contributed by atoms with E-state index in [0.29, 0.717) is 12.3 Å². The molecule has 2 fully saturated rings. The molecular formula is C16H19NO5. The molecule has 2 aliphatic rings. The summed E-state index contributed by atoms with van der Waals surface area (Å²) in [5.41, 5.74) is 0.327. The number of carbonyl (C=O) groups is 2. The number of ether oxygens (including phenoxy) is 2. The van der Waals surface area contributed by atoms with Gasteiger partial charge in [-0.2, -0.15) is 0 Å². The quantitative estimate of drug-likeness (QED) is 0.899. The average molecular weight is 305 g/mol. The molecule has 1 amide bonds. The number of benzene rings is 1. The lowest BCUT2D eigenvalue weighted by Gasteiger charge is -2.34. The molecule has 118 valence electrons. The lowest BCUT2D eigenvalue weighted by atomic mass is 9.93. The van der Waals surface area contributed by atoms with Crippen LogP contribution in [0.15, 0.2) is 24.3 Å². The van der Waals surface area contributed by atoms with Crippen LogP contribution in [0.1, 0.15) is 18.4 Å². The fourth-order valence-corrected chi connectivity index (χ4v) is 3.05. The van der Waals surface area contributed by atoms with Crippen LogP contribution in [0.2, 0.25) is 0 Å². The Labute approximate surface area is 128 Å². The van der Waals surface area contributed by atoms with Crippen LogP contribution >= 0.6 is 0 Å². The second-order valence-electron chi connectivity index (χ2n) is 5.73. The van der Waals surface area contributed by atoms with Gasteiger partial charge in [-0.05, 0) is 18.9 Å². The van der Waals surface area contributed by atoms with Gasteiger partial charge in [0.1, 0.15) is 5.75 Å². The topological polar surface area (TPSA) is 76.1 Å². The van der Waals surface area contributed by atoms with Crippen LogP contribution in [0.5, 0.6) is 5.75 Å². The van der Waals surface area contributed by atoms with Crippen LogP contribution in [-0.4, -0.2) is 54.8 Å². The number of aliphatic carboxylic acids is 1. The van der Waals surface area contributed by atoms with Crippen molar-refractivity contribution in [3.8, 4) is 5.75 Å². The summed E-state index contributed by atoms with van der Waals surface area (Å²) in [6, 6.07) is 7.53. The number of methoxy groups -OCH3 is 1. The minimum absolute atomic E-state index is 0.0217. The van der Waals surface area contributed by atoms with Gasteiger partial charge in [0.15, 0.2) is 6.10 Å². The van der Waals surface area contributed by atoms with Crippen molar-refractivity contribution in [2.75, 3.05) is 26.8 Å². The van der Waals surface area contributed by atoms with Crippen molar-refractivity contribution >= 4 is 11.9 Å². The Hall–Kier alpha value is -2.08. The highest BCUT2D eigenvalue weighted by atomic mass is 16.5. The van der Waals surface area contributed by atoms with E-state index in [1.807, 2.05) is 24.3 Å². The van der Waals surface area contributed by atoms with E-state index in [1.54, 1.807) is 12.0 Å². The molecule has 1 aliphatic carbocycles. The predicted molar refractivity (Wildman–Crippen MR) is 77.9 cm³/mol. The van der Waals surface area contributed by atoms with Crippen LogP contribution in [0.4, 0.5) is 0 Å². The molecule has 1 aliphatic heterocycles. The third kappa shape index (κ3) is 2.43. The molecule has 1 atom stereocenters. The Balaban J connectivity index is 1.83. The highest BCUT2D eigenvalue weighted by molar-refractivity contribution is 5.92. The number of para-hydroxylation sites is 1. The summed E-state index contributed by atoms with van der Waals surface area (Å²) in [5, 5.41) is 9.07. The third-order valence-corrected chi connectivity index (χ3v) is 4.41. The zero-order chi connectivity index (χ0) is 15.7. The van der Waals surface area contributed by atoms with Crippen LogP contribution in [0.25, 0.3) is 0 Å². The zero-order valence-electron chi connectivity index (χ0n) is 12.4. The third-order valence-electron chi connectivity index (χ3n) is 4.41. The van der Waals surface area contributed by atoms with Crippen molar-refractivity contribution in [2.24, 2.45) is 0 Å². The zero-order valence-corrected chi connectivity index (χ0v) is 12.4. The molecule has 1 saturated heterocycles. The van der Waals surface area contributed by atoms with Crippen molar-refractivity contribution in [2.45, 2.75) is 24.4 Å². The summed E-state index contributed by atoms with van der Waals surface area (Å²) >= 11 is 0. The maximum atomic E-state index is 12.9. The summed E-state index contributed by atoms with van der Waals surface area (Å²) in [6.07, 6.45) is 0.592. The number of hydrogen-bond donors (Lipinski definition) is 1. The summed E-state index contributed by atoms with van der Waals surface area (Å²) in [6.45, 7) is 0.787. The number of carboxylic acids is 1. The van der Waals surface area contributed by atoms with Crippen LogP contribution in [-0.2, 0) is 19.7 Å². The molecule has 0 spiro atoms. The van der Waals surface area contributed by atoms with Crippen molar-refractivity contribution in [3.05, 3.63) is 29.8 Å². The number of nitrogens with zero attached hydrogens (tertiary/aromatic N) is 1. The Bertz CT molecular complexity index is 596. The van der Waals surface area contributed by atoms with E-state index in [-0.39, 0.29) is 19.1 Å². The molecule has 0 bridgehead atoms. The van der Waals surface area contributed by atoms with E-state index in [0.717, 1.165) is 18.4 Å². The van der Waals surface area contributed by atoms with Gasteiger partial charge in [-0.25, -0.2) is 4.79 Å². The number of amides is 1. The molecule has 1 unspecified atom stereocenters. The molecule has 0 radical (unpaired) electrons. The Kier molecular flexibility index (Phi) is 3.78. The maximum Gasteiger partial charge on any atom is 0.334 e. The standard InChI is InChI=1S/C16H19NO5/c1-21-12-5-3-2-4-11(12)16(6-7-16)15(20)17-8-9-22-13(10-17)14(18)19/h2-5,13H,6-10H2,1H3,(H,18,19). The van der Waals surface area contributed by atoms with Gasteiger partial charge >= 0.3 is 5.97 Å². The Morgan fingerprint density at radius 1 is 1.36 bits per heavy atom. The van der Waals surface area contributed by atoms with Crippen molar-refractivity contribution < 1.29 is 24.2 Å². The second kappa shape index (κ2) is 5.61. The fraction of sp³-hybridized carbons (Fsp3) is 0.500. The van der Waals surface area contributed by atoms with Gasteiger partial charge in [0, 0.05) is 12.1 Å². The van der Waals surface area contributed by atoms with Gasteiger partial charge in [-0.1, -0.05) is 18.2 Å². The van der Waals surface area contributed by atoms with E-state index in [1.165, 1.54) is 0 Å². The number of rotatable bonds is 4. The first-order valence-corrected chi connectivity index (χ1v) is 7.36. The second-order valence-corrected chi connectivity index (χ2v) is 5.73. The maximum absolute atomic E-state index is 12.9. The van der Waals surface area contributed by atoms with Crippen molar-refractivity contribution in [1.82, 2.24) is 4.90 Å². The van der Waals surface area contributed by atoms with Gasteiger partial charge in [-0.15, -0.1) is 0 Å². The minimum Gasteiger partial charge on any atom is -0.496 e. The number of carbonyl (C=O) groups excluding carboxylic acids is 1. The number of morpholine rings is 1. The molecule has 6 heteroatoms. The van der Waals surface area contributed by atoms with Crippen molar-refractivity contribution in [1.29, 1.82) is 0 Å². The smallest absolute Gasteiger partial charge is 0.334 e. The molecular weight excluding hydrogens is 286 g/mol. The number of hydrogen-bond acceptors (Lipinski definition) is 4. The van der Waals surface area contributed by atoms with E-state index < -0.39 is 17.5 Å². The van der Waals surface area contributed by atoms with Crippen molar-refractivity contribution in [3.63, 3.8) is 0 Å². The van der Waals surface area contributed by atoms with Gasteiger partial charge in [0.05, 0.1) is 25.7 Å². The first kappa shape index (κ1) is 14.8. The normalized spacial score (nSPS) is 23.0. The van der Waals surface area contributed by atoms with E-state index in [4.69, 9.17) is 14.6 Å². The summed E-state index contributed by atoms with van der Waals surface area (Å²) in [4.78, 5) is 25.6. The van der Waals surface area contributed by atoms with E-state index in [9.17, 15) is 9.59 Å². The van der Waals surface area contributed by atoms with E-state index >= 15 is 0 Å². The summed E-state index contributed by atoms with van der Waals surface area (Å²) in [5.74, 6) is -0.345. The fourth-order valence-electron chi connectivity index (χ4n) is 3.05. The minimum atomic E-state index is -1.03. The van der Waals surface area contributed by atoms with Gasteiger partial charge in [0.25, 0.3) is 0 Å². The predicted octanol–water partition coefficient (Wildman–Crippen LogP) is 1.04. The van der Waals surface area contributed by atoms with E-state index in [2.05, 4.69) is 0 Å². The summed E-state index contributed by atoms with van der Waals surface area (Å²) < 4.78 is 10.6. The van der Waals surface area contributed by atoms with Gasteiger partial charge in [0.2, 0.25) is 5.91 Å². The van der Waals surface area contributed by atoms with Gasteiger partial charge in [-0.3, -0.25) is 4.79 Å². The number of carboxylic acid groups (broad SMARTS) is 1. The van der Waals surface area contributed by atoms with Gasteiger partial charge < -0.3 is 19.5 Å². The molecule has 1 aromatic rings. The van der Waals surface area contributed by atoms with Crippen LogP contribution in [0, 0.1) is 0 Å². The SMILES string of the molecule is COc1ccccc1C1(C(=O)N2CCOC(C(=O)O)C2)CC1. The summed E-state index contributed by atoms with van der Waals surface area (Å²) in [7, 11) is 1.59. The highest BCUT2D eigenvalue weighted by Crippen LogP contribution is 2.52. The lowest BCUT2D eigenvalue weighted by Crippen LogP contribution is -2.51. The van der Waals surface area contributed by atoms with Crippen LogP contribution in [0.3, 0.4) is 0 Å². The largest absolute Gasteiger partial charge is 0.496 e. The highest BCUT2D eigenvalue weighted by Gasteiger charge is 2.55. The molecule has 1 heterocycles. The first-order chi connectivity index (χ1) is 10.6. The monoisotopic (exact) mass is 305 g/mol. The molecule has 3 rings (SSSR count). The average Bonchev–Trinajstić information content (AvgIpc) is 3.36. The molecule has 1 aromatic carbocycles. The molecule has 22 heavy (non-hydrogen) atoms. The molecule has 6 nitrogen and oxygen atoms in total.